The first-order valence-corrected chi connectivity index (χ1v) is 9.19. The van der Waals surface area contributed by atoms with Gasteiger partial charge in [0.2, 0.25) is 0 Å². The van der Waals surface area contributed by atoms with Crippen LogP contribution in [-0.2, 0) is 21.3 Å². The molecule has 2 aromatic rings. The quantitative estimate of drug-likeness (QED) is 0.644. The first-order valence-electron chi connectivity index (χ1n) is 7.75. The molecule has 1 atom stereocenters. The smallest absolute Gasteiger partial charge is 0.475 e. The molecule has 4 N–H and O–H groups in total. The van der Waals surface area contributed by atoms with Crippen molar-refractivity contribution in [1.29, 1.82) is 0 Å². The molecule has 6 nitrogen and oxygen atoms in total. The summed E-state index contributed by atoms with van der Waals surface area (Å²) in [6, 6.07) is 15.8. The minimum atomic E-state index is -5.08. The molecule has 0 saturated heterocycles. The molecule has 0 bridgehead atoms. The summed E-state index contributed by atoms with van der Waals surface area (Å²) in [7, 11) is -4.14. The van der Waals surface area contributed by atoms with Crippen LogP contribution in [0.3, 0.4) is 0 Å². The van der Waals surface area contributed by atoms with E-state index in [4.69, 9.17) is 20.2 Å². The number of carboxylic acid groups (broad SMARTS) is 1. The second-order valence-electron chi connectivity index (χ2n) is 5.56. The van der Waals surface area contributed by atoms with Gasteiger partial charge in [-0.25, -0.2) is 4.79 Å². The highest BCUT2D eigenvalue weighted by atomic mass is 32.2. The molecule has 152 valence electrons. The second kappa shape index (κ2) is 10.0. The highest BCUT2D eigenvalue weighted by Gasteiger charge is 2.38. The van der Waals surface area contributed by atoms with E-state index in [9.17, 15) is 21.6 Å². The van der Waals surface area contributed by atoms with Gasteiger partial charge >= 0.3 is 12.1 Å². The molecule has 0 heterocycles. The van der Waals surface area contributed by atoms with Gasteiger partial charge in [0.1, 0.15) is 0 Å². The maximum absolute atomic E-state index is 10.9. The van der Waals surface area contributed by atoms with Gasteiger partial charge in [-0.05, 0) is 29.7 Å². The molecule has 10 heteroatoms. The van der Waals surface area contributed by atoms with E-state index >= 15 is 0 Å². The van der Waals surface area contributed by atoms with Crippen LogP contribution in [0.1, 0.15) is 11.1 Å². The summed E-state index contributed by atoms with van der Waals surface area (Å²) in [5.74, 6) is -2.76. The van der Waals surface area contributed by atoms with Crippen molar-refractivity contribution < 1.29 is 36.0 Å². The van der Waals surface area contributed by atoms with Crippen molar-refractivity contribution in [2.75, 3.05) is 0 Å². The monoisotopic (exact) mass is 417 g/mol. The Kier molecular flexibility index (Phi) is 8.35. The molecular formula is C18H18F3NO5S. The van der Waals surface area contributed by atoms with E-state index in [-0.39, 0.29) is 10.9 Å². The minimum Gasteiger partial charge on any atom is -0.475 e. The molecule has 0 aromatic heterocycles. The first kappa shape index (κ1) is 23.3. The fourth-order valence-corrected chi connectivity index (χ4v) is 2.42. The van der Waals surface area contributed by atoms with Gasteiger partial charge in [-0.1, -0.05) is 54.6 Å². The van der Waals surface area contributed by atoms with Crippen LogP contribution < -0.4 is 5.73 Å². The van der Waals surface area contributed by atoms with Gasteiger partial charge in [-0.2, -0.15) is 21.6 Å². The first-order chi connectivity index (χ1) is 12.9. The highest BCUT2D eigenvalue weighted by Crippen LogP contribution is 2.13. The zero-order valence-electron chi connectivity index (χ0n) is 14.4. The fourth-order valence-electron chi connectivity index (χ4n) is 1.94. The normalized spacial score (nSPS) is 12.9. The summed E-state index contributed by atoms with van der Waals surface area (Å²) in [6.45, 7) is 0. The molecule has 2 rings (SSSR count). The molecule has 0 fully saturated rings. The van der Waals surface area contributed by atoms with Crippen LogP contribution in [0.5, 0.6) is 0 Å². The number of carboxylic acids is 1. The molecule has 0 unspecified atom stereocenters. The lowest BCUT2D eigenvalue weighted by Gasteiger charge is -2.06. The summed E-state index contributed by atoms with van der Waals surface area (Å²) in [5, 5.41) is 7.12. The maximum Gasteiger partial charge on any atom is 0.490 e. The topological polar surface area (TPSA) is 118 Å². The third kappa shape index (κ3) is 8.80. The Balaban J connectivity index is 0.000000480. The minimum absolute atomic E-state index is 0.117. The van der Waals surface area contributed by atoms with Crippen LogP contribution in [0.2, 0.25) is 0 Å². The van der Waals surface area contributed by atoms with Crippen LogP contribution in [0.25, 0.3) is 6.08 Å². The van der Waals surface area contributed by atoms with Crippen molar-refractivity contribution >= 4 is 22.2 Å². The standard InChI is InChI=1S/C16H17NO3S.C2HF3O2/c17-15(12-14-4-2-1-3-5-14)9-6-13-7-10-16(11-8-13)21(18,19)20;3-2(4,5)1(6)7/h1-11,15H,12,17H2,(H,18,19,20);(H,6,7)/t15-;/m1./s1. The zero-order chi connectivity index (χ0) is 21.4. The van der Waals surface area contributed by atoms with Gasteiger partial charge in [0.05, 0.1) is 4.90 Å². The molecule has 0 aliphatic rings. The van der Waals surface area contributed by atoms with Crippen LogP contribution >= 0.6 is 0 Å². The Morgan fingerprint density at radius 3 is 2.00 bits per heavy atom. The molecule has 0 saturated carbocycles. The van der Waals surface area contributed by atoms with Crippen LogP contribution in [0, 0.1) is 0 Å². The molecule has 0 amide bonds. The second-order valence-corrected chi connectivity index (χ2v) is 6.98. The Bertz CT molecular complexity index is 895. The van der Waals surface area contributed by atoms with E-state index < -0.39 is 22.3 Å². The average molecular weight is 417 g/mol. The average Bonchev–Trinajstić information content (AvgIpc) is 2.60. The number of halogens is 3. The number of hydrogen-bond acceptors (Lipinski definition) is 4. The van der Waals surface area contributed by atoms with Gasteiger partial charge in [0, 0.05) is 6.04 Å². The van der Waals surface area contributed by atoms with Gasteiger partial charge in [0.25, 0.3) is 10.1 Å². The summed E-state index contributed by atoms with van der Waals surface area (Å²) in [4.78, 5) is 8.78. The molecule has 0 radical (unpaired) electrons. The lowest BCUT2D eigenvalue weighted by Crippen LogP contribution is -2.21. The summed E-state index contributed by atoms with van der Waals surface area (Å²) >= 11 is 0. The van der Waals surface area contributed by atoms with Crippen molar-refractivity contribution in [3.8, 4) is 0 Å². The van der Waals surface area contributed by atoms with Gasteiger partial charge in [-0.15, -0.1) is 0 Å². The van der Waals surface area contributed by atoms with Crippen molar-refractivity contribution in [3.63, 3.8) is 0 Å². The number of aliphatic carboxylic acids is 1. The van der Waals surface area contributed by atoms with Crippen molar-refractivity contribution in [2.45, 2.75) is 23.5 Å². The number of alkyl halides is 3. The molecule has 0 spiro atoms. The van der Waals surface area contributed by atoms with E-state index in [2.05, 4.69) is 0 Å². The van der Waals surface area contributed by atoms with Gasteiger partial charge in [0.15, 0.2) is 0 Å². The van der Waals surface area contributed by atoms with E-state index in [0.717, 1.165) is 17.5 Å². The van der Waals surface area contributed by atoms with Crippen molar-refractivity contribution in [3.05, 3.63) is 71.8 Å². The molecular weight excluding hydrogens is 399 g/mol. The van der Waals surface area contributed by atoms with Gasteiger partial charge < -0.3 is 10.8 Å². The predicted octanol–water partition coefficient (Wildman–Crippen LogP) is 3.15. The summed E-state index contributed by atoms with van der Waals surface area (Å²) < 4.78 is 62.5. The zero-order valence-corrected chi connectivity index (χ0v) is 15.2. The Labute approximate surface area is 159 Å². The summed E-state index contributed by atoms with van der Waals surface area (Å²) in [5.41, 5.74) is 8.02. The lowest BCUT2D eigenvalue weighted by molar-refractivity contribution is -0.192. The fraction of sp³-hybridized carbons (Fsp3) is 0.167. The molecule has 2 aromatic carbocycles. The molecule has 0 aliphatic carbocycles. The van der Waals surface area contributed by atoms with E-state index in [1.165, 1.54) is 12.1 Å². The Hall–Kier alpha value is -2.69. The van der Waals surface area contributed by atoms with E-state index in [0.29, 0.717) is 0 Å². The van der Waals surface area contributed by atoms with Gasteiger partial charge in [-0.3, -0.25) is 4.55 Å². The van der Waals surface area contributed by atoms with E-state index in [1.54, 1.807) is 12.1 Å². The Morgan fingerprint density at radius 2 is 1.57 bits per heavy atom. The number of rotatable bonds is 5. The summed E-state index contributed by atoms with van der Waals surface area (Å²) in [6.07, 6.45) is -0.642. The number of nitrogens with two attached hydrogens (primary N) is 1. The predicted molar refractivity (Wildman–Crippen MR) is 97.1 cm³/mol. The van der Waals surface area contributed by atoms with Crippen LogP contribution in [0.15, 0.2) is 65.6 Å². The van der Waals surface area contributed by atoms with Crippen molar-refractivity contribution in [1.82, 2.24) is 0 Å². The van der Waals surface area contributed by atoms with Crippen LogP contribution in [-0.4, -0.2) is 36.3 Å². The third-order valence-electron chi connectivity index (χ3n) is 3.27. The number of carbonyl (C=O) groups is 1. The Morgan fingerprint density at radius 1 is 1.07 bits per heavy atom. The number of hydrogen-bond donors (Lipinski definition) is 3. The largest absolute Gasteiger partial charge is 0.490 e. The molecule has 28 heavy (non-hydrogen) atoms. The lowest BCUT2D eigenvalue weighted by atomic mass is 10.1. The van der Waals surface area contributed by atoms with Crippen LogP contribution in [0.4, 0.5) is 13.2 Å². The highest BCUT2D eigenvalue weighted by molar-refractivity contribution is 7.85. The van der Waals surface area contributed by atoms with Crippen molar-refractivity contribution in [2.24, 2.45) is 5.73 Å². The maximum atomic E-state index is 10.9. The third-order valence-corrected chi connectivity index (χ3v) is 4.14. The molecule has 0 aliphatic heterocycles. The number of benzene rings is 2. The van der Waals surface area contributed by atoms with E-state index in [1.807, 2.05) is 42.5 Å². The SMILES string of the molecule is N[C@H](C=Cc1ccc(S(=O)(=O)O)cc1)Cc1ccccc1.O=C(O)C(F)(F)F.